The van der Waals surface area contributed by atoms with Gasteiger partial charge in [0.25, 0.3) is 5.54 Å². The van der Waals surface area contributed by atoms with Gasteiger partial charge in [-0.15, -0.1) is 4.65 Å². The number of quaternary nitrogens is 1. The number of hydroxylamine groups is 2. The number of hydrogen-bond acceptors (Lipinski definition) is 7. The molecule has 4 aromatic carbocycles. The average molecular weight is 582 g/mol. The molecule has 5 rings (SSSR count). The summed E-state index contributed by atoms with van der Waals surface area (Å²) in [5.74, 6) is 0.270. The molecule has 0 aromatic heterocycles. The summed E-state index contributed by atoms with van der Waals surface area (Å²) >= 11 is 0. The number of carbonyl (C=O) groups is 1. The minimum atomic E-state index is -1.85. The standard InChI is InChI=1S/C34H32N2O7/c1-34(24-37,33(38)39)36(43-23-25-8-3-2-4-9-25,29-14-15-31-32(19-29)41-17-16-40-31)21-28-12-5-6-13-30(28)42-22-27-11-7-10-26(18-27)20-35/h2-15,18-19,37H,16-17,21-24H2,1H3/p+1. The second-order valence-electron chi connectivity index (χ2n) is 10.4. The molecule has 4 aromatic rings. The van der Waals surface area contributed by atoms with Crippen LogP contribution in [-0.4, -0.2) is 41.5 Å². The molecule has 2 N–H and O–H groups in total. The van der Waals surface area contributed by atoms with Crippen molar-refractivity contribution in [3.05, 3.63) is 119 Å². The fraction of sp³-hybridized carbons (Fsp3) is 0.235. The lowest BCUT2D eigenvalue weighted by molar-refractivity contribution is -0.236. The van der Waals surface area contributed by atoms with Gasteiger partial charge in [-0.1, -0.05) is 54.6 Å². The summed E-state index contributed by atoms with van der Waals surface area (Å²) < 4.78 is 17.2. The number of nitriles is 1. The number of aliphatic hydroxyl groups is 1. The monoisotopic (exact) mass is 581 g/mol. The van der Waals surface area contributed by atoms with Crippen molar-refractivity contribution in [1.82, 2.24) is 4.65 Å². The van der Waals surface area contributed by atoms with Crippen molar-refractivity contribution in [2.24, 2.45) is 0 Å². The van der Waals surface area contributed by atoms with E-state index in [0.29, 0.717) is 47.3 Å². The maximum atomic E-state index is 13.0. The molecule has 0 aliphatic carbocycles. The highest BCUT2D eigenvalue weighted by molar-refractivity contribution is 5.81. The van der Waals surface area contributed by atoms with Gasteiger partial charge in [-0.05, 0) is 41.5 Å². The highest BCUT2D eigenvalue weighted by Gasteiger charge is 2.58. The lowest BCUT2D eigenvalue weighted by Crippen LogP contribution is -2.69. The second-order valence-corrected chi connectivity index (χ2v) is 10.4. The molecule has 0 saturated carbocycles. The molecule has 1 aliphatic rings. The third-order valence-corrected chi connectivity index (χ3v) is 7.62. The van der Waals surface area contributed by atoms with E-state index in [-0.39, 0.29) is 19.8 Å². The number of ether oxygens (including phenoxy) is 3. The summed E-state index contributed by atoms with van der Waals surface area (Å²) in [6.07, 6.45) is 0. The molecule has 43 heavy (non-hydrogen) atoms. The summed E-state index contributed by atoms with van der Waals surface area (Å²) in [5.41, 5.74) is 1.42. The summed E-state index contributed by atoms with van der Waals surface area (Å²) in [6, 6.07) is 31.2. The SMILES string of the molecule is CC(CO)(C(=O)O)[N+](Cc1ccccc1OCc1cccc(C#N)c1)(OCc1ccccc1)c1ccc2c(c1)OCCO2. The Balaban J connectivity index is 1.61. The van der Waals surface area contributed by atoms with Gasteiger partial charge in [0.05, 0.1) is 17.2 Å². The van der Waals surface area contributed by atoms with Crippen molar-refractivity contribution in [2.75, 3.05) is 19.8 Å². The largest absolute Gasteiger partial charge is 0.488 e. The summed E-state index contributed by atoms with van der Waals surface area (Å²) in [7, 11) is 0. The van der Waals surface area contributed by atoms with E-state index in [0.717, 1.165) is 11.1 Å². The molecule has 9 nitrogen and oxygen atoms in total. The number of aliphatic carboxylic acids is 1. The molecule has 1 heterocycles. The number of fused-ring (bicyclic) bond motifs is 1. The molecule has 0 radical (unpaired) electrons. The zero-order valence-corrected chi connectivity index (χ0v) is 23.8. The third-order valence-electron chi connectivity index (χ3n) is 7.62. The van der Waals surface area contributed by atoms with Gasteiger partial charge in [0, 0.05) is 19.1 Å². The van der Waals surface area contributed by atoms with Gasteiger partial charge in [-0.2, -0.15) is 10.1 Å². The number of nitrogens with zero attached hydrogens (tertiary/aromatic N) is 2. The van der Waals surface area contributed by atoms with Crippen molar-refractivity contribution in [1.29, 1.82) is 5.26 Å². The first-order valence-corrected chi connectivity index (χ1v) is 13.9. The van der Waals surface area contributed by atoms with E-state index >= 15 is 0 Å². The Bertz CT molecular complexity index is 1620. The summed E-state index contributed by atoms with van der Waals surface area (Å²) in [5, 5.41) is 30.7. The molecule has 0 spiro atoms. The second kappa shape index (κ2) is 13.0. The fourth-order valence-electron chi connectivity index (χ4n) is 5.07. The number of para-hydroxylation sites is 1. The van der Waals surface area contributed by atoms with E-state index in [1.54, 1.807) is 42.5 Å². The van der Waals surface area contributed by atoms with Crippen molar-refractivity contribution in [2.45, 2.75) is 32.2 Å². The Kier molecular flexibility index (Phi) is 8.93. The van der Waals surface area contributed by atoms with Gasteiger partial charge in [-0.3, -0.25) is 0 Å². The first kappa shape index (κ1) is 29.6. The first-order valence-electron chi connectivity index (χ1n) is 13.9. The van der Waals surface area contributed by atoms with E-state index in [2.05, 4.69) is 6.07 Å². The van der Waals surface area contributed by atoms with Crippen LogP contribution in [0.1, 0.15) is 29.2 Å². The van der Waals surface area contributed by atoms with Crippen LogP contribution in [0.25, 0.3) is 0 Å². The Hall–Kier alpha value is -4.88. The lowest BCUT2D eigenvalue weighted by Gasteiger charge is -2.45. The third kappa shape index (κ3) is 6.17. The Labute approximate surface area is 250 Å². The predicted molar refractivity (Wildman–Crippen MR) is 159 cm³/mol. The number of benzene rings is 4. The molecule has 0 bridgehead atoms. The minimum absolute atomic E-state index is 0.00968. The number of hydrogen-bond donors (Lipinski definition) is 2. The van der Waals surface area contributed by atoms with E-state index in [1.165, 1.54) is 6.92 Å². The molecular formula is C34H33N2O7+. The molecule has 0 amide bonds. The van der Waals surface area contributed by atoms with Crippen LogP contribution >= 0.6 is 0 Å². The number of rotatable bonds is 12. The van der Waals surface area contributed by atoms with Gasteiger partial charge in [-0.25, -0.2) is 4.79 Å². The van der Waals surface area contributed by atoms with Gasteiger partial charge < -0.3 is 24.4 Å². The molecule has 0 saturated heterocycles. The Morgan fingerprint density at radius 3 is 2.37 bits per heavy atom. The summed E-state index contributed by atoms with van der Waals surface area (Å²) in [6.45, 7) is 1.73. The van der Waals surface area contributed by atoms with Gasteiger partial charge >= 0.3 is 5.97 Å². The van der Waals surface area contributed by atoms with E-state index < -0.39 is 22.8 Å². The topological polar surface area (TPSA) is 118 Å². The molecule has 2 unspecified atom stereocenters. The van der Waals surface area contributed by atoms with Gasteiger partial charge in [0.2, 0.25) is 0 Å². The van der Waals surface area contributed by atoms with E-state index in [9.17, 15) is 20.3 Å². The quantitative estimate of drug-likeness (QED) is 0.169. The smallest absolute Gasteiger partial charge is 0.371 e. The molecular weight excluding hydrogens is 548 g/mol. The Morgan fingerprint density at radius 2 is 1.63 bits per heavy atom. The average Bonchev–Trinajstić information content (AvgIpc) is 3.06. The highest BCUT2D eigenvalue weighted by atomic mass is 16.7. The highest BCUT2D eigenvalue weighted by Crippen LogP contribution is 2.43. The zero-order valence-electron chi connectivity index (χ0n) is 23.8. The van der Waals surface area contributed by atoms with Crippen LogP contribution in [0.15, 0.2) is 97.1 Å². The van der Waals surface area contributed by atoms with Crippen LogP contribution in [0, 0.1) is 11.3 Å². The predicted octanol–water partition coefficient (Wildman–Crippen LogP) is 5.38. The maximum absolute atomic E-state index is 13.0. The maximum Gasteiger partial charge on any atom is 0.371 e. The van der Waals surface area contributed by atoms with E-state index in [1.807, 2.05) is 54.6 Å². The number of carboxylic acid groups (broad SMARTS) is 1. The van der Waals surface area contributed by atoms with Crippen molar-refractivity contribution >= 4 is 11.7 Å². The molecule has 1 aliphatic heterocycles. The first-order chi connectivity index (χ1) is 20.9. The molecule has 2 atom stereocenters. The van der Waals surface area contributed by atoms with Gasteiger partial charge in [0.15, 0.2) is 17.2 Å². The van der Waals surface area contributed by atoms with Gasteiger partial charge in [0.1, 0.15) is 45.3 Å². The molecule has 9 heteroatoms. The Morgan fingerprint density at radius 1 is 0.907 bits per heavy atom. The van der Waals surface area contributed by atoms with Crippen LogP contribution in [0.2, 0.25) is 0 Å². The van der Waals surface area contributed by atoms with Crippen LogP contribution in [0.4, 0.5) is 5.69 Å². The van der Waals surface area contributed by atoms with Crippen LogP contribution in [0.3, 0.4) is 0 Å². The van der Waals surface area contributed by atoms with Crippen LogP contribution in [-0.2, 0) is 29.4 Å². The minimum Gasteiger partial charge on any atom is -0.488 e. The fourth-order valence-corrected chi connectivity index (χ4v) is 5.07. The van der Waals surface area contributed by atoms with Crippen LogP contribution in [0.5, 0.6) is 17.2 Å². The number of aliphatic hydroxyl groups excluding tert-OH is 1. The molecule has 220 valence electrons. The van der Waals surface area contributed by atoms with Crippen molar-refractivity contribution in [3.63, 3.8) is 0 Å². The normalized spacial score (nSPS) is 15.0. The lowest BCUT2D eigenvalue weighted by atomic mass is 9.97. The zero-order chi connectivity index (χ0) is 30.3. The van der Waals surface area contributed by atoms with E-state index in [4.69, 9.17) is 19.0 Å². The van der Waals surface area contributed by atoms with Crippen molar-refractivity contribution < 1.29 is 34.1 Å². The molecule has 0 fully saturated rings. The van der Waals surface area contributed by atoms with Crippen molar-refractivity contribution in [3.8, 4) is 23.3 Å². The summed E-state index contributed by atoms with van der Waals surface area (Å²) in [4.78, 5) is 19.7. The van der Waals surface area contributed by atoms with Crippen LogP contribution < -0.4 is 18.9 Å². The number of carboxylic acids is 1.